The average Bonchev–Trinajstić information content (AvgIpc) is 2.14. The van der Waals surface area contributed by atoms with Crippen molar-refractivity contribution in [3.63, 3.8) is 0 Å². The lowest BCUT2D eigenvalue weighted by Gasteiger charge is -1.86. The minimum absolute atomic E-state index is 0.334. The summed E-state index contributed by atoms with van der Waals surface area (Å²) in [5.74, 6) is -0.865. The van der Waals surface area contributed by atoms with E-state index in [9.17, 15) is 4.79 Å². The summed E-state index contributed by atoms with van der Waals surface area (Å²) < 4.78 is 0. The molecule has 48 valence electrons. The molecule has 1 rings (SSSR count). The number of aliphatic imine (C=N–C) groups is 1. The second kappa shape index (κ2) is 2.01. The van der Waals surface area contributed by atoms with Crippen LogP contribution in [0.4, 0.5) is 0 Å². The zero-order valence-electron chi connectivity index (χ0n) is 5.09. The van der Waals surface area contributed by atoms with E-state index in [-0.39, 0.29) is 0 Å². The van der Waals surface area contributed by atoms with Crippen LogP contribution in [0.15, 0.2) is 16.6 Å². The minimum Gasteiger partial charge on any atom is -0.478 e. The molecular weight excluding hydrogens is 118 g/mol. The number of carboxylic acid groups (broad SMARTS) is 1. The van der Waals surface area contributed by atoms with Crippen LogP contribution < -0.4 is 0 Å². The first kappa shape index (κ1) is 6.01. The number of carbonyl (C=O) groups is 1. The normalized spacial score (nSPS) is 17.0. The zero-order valence-corrected chi connectivity index (χ0v) is 5.09. The Labute approximate surface area is 52.7 Å². The van der Waals surface area contributed by atoms with Gasteiger partial charge in [-0.15, -0.1) is 0 Å². The van der Waals surface area contributed by atoms with Gasteiger partial charge in [-0.1, -0.05) is 0 Å². The van der Waals surface area contributed by atoms with Gasteiger partial charge >= 0.3 is 5.97 Å². The summed E-state index contributed by atoms with van der Waals surface area (Å²) in [6, 6.07) is 0. The third-order valence-electron chi connectivity index (χ3n) is 1.16. The van der Waals surface area contributed by atoms with E-state index < -0.39 is 5.97 Å². The Kier molecular flexibility index (Phi) is 1.34. The first-order valence-electron chi connectivity index (χ1n) is 2.65. The summed E-state index contributed by atoms with van der Waals surface area (Å²) in [6.45, 7) is 2.12. The molecule has 0 radical (unpaired) electrons. The average molecular weight is 125 g/mol. The summed E-state index contributed by atoms with van der Waals surface area (Å²) in [4.78, 5) is 14.1. The number of carboxylic acids is 1. The Morgan fingerprint density at radius 2 is 2.56 bits per heavy atom. The first-order valence-corrected chi connectivity index (χ1v) is 2.65. The van der Waals surface area contributed by atoms with E-state index in [4.69, 9.17) is 5.11 Å². The standard InChI is InChI=1S/C6H7NO2/c1-4-2-5(3-7-4)6(8)9/h2H,3H2,1H3,(H,8,9). The molecule has 1 heterocycles. The Hall–Kier alpha value is -1.12. The van der Waals surface area contributed by atoms with Crippen LogP contribution in [-0.4, -0.2) is 23.3 Å². The van der Waals surface area contributed by atoms with Crippen molar-refractivity contribution in [1.29, 1.82) is 0 Å². The first-order chi connectivity index (χ1) is 4.20. The molecule has 3 heteroatoms. The molecule has 0 aromatic heterocycles. The summed E-state index contributed by atoms with van der Waals surface area (Å²) in [5.41, 5.74) is 1.18. The van der Waals surface area contributed by atoms with Gasteiger partial charge in [0.05, 0.1) is 12.1 Å². The molecule has 3 nitrogen and oxygen atoms in total. The Bertz CT molecular complexity index is 203. The Morgan fingerprint density at radius 3 is 2.78 bits per heavy atom. The maximum absolute atomic E-state index is 10.2. The molecular formula is C6H7NO2. The van der Waals surface area contributed by atoms with Gasteiger partial charge in [-0.05, 0) is 13.0 Å². The van der Waals surface area contributed by atoms with E-state index in [1.165, 1.54) is 0 Å². The SMILES string of the molecule is CC1=NCC(C(=O)O)=C1. The number of aliphatic carboxylic acids is 1. The Balaban J connectivity index is 2.71. The van der Waals surface area contributed by atoms with Crippen molar-refractivity contribution in [3.05, 3.63) is 11.6 Å². The summed E-state index contributed by atoms with van der Waals surface area (Å²) in [5, 5.41) is 8.39. The van der Waals surface area contributed by atoms with Crippen molar-refractivity contribution in [2.45, 2.75) is 6.92 Å². The molecule has 0 saturated heterocycles. The maximum Gasteiger partial charge on any atom is 0.333 e. The molecule has 0 atom stereocenters. The molecule has 0 aromatic carbocycles. The highest BCUT2D eigenvalue weighted by Crippen LogP contribution is 2.03. The monoisotopic (exact) mass is 125 g/mol. The molecule has 0 spiro atoms. The highest BCUT2D eigenvalue weighted by atomic mass is 16.4. The topological polar surface area (TPSA) is 49.7 Å². The van der Waals surface area contributed by atoms with Crippen molar-refractivity contribution in [3.8, 4) is 0 Å². The quantitative estimate of drug-likeness (QED) is 0.553. The molecule has 1 aliphatic rings. The second-order valence-electron chi connectivity index (χ2n) is 1.93. The highest BCUT2D eigenvalue weighted by molar-refractivity contribution is 6.03. The fraction of sp³-hybridized carbons (Fsp3) is 0.333. The molecule has 0 aliphatic carbocycles. The van der Waals surface area contributed by atoms with Crippen molar-refractivity contribution in [1.82, 2.24) is 0 Å². The van der Waals surface area contributed by atoms with E-state index in [2.05, 4.69) is 4.99 Å². The molecule has 0 bridgehead atoms. The van der Waals surface area contributed by atoms with Crippen LogP contribution >= 0.6 is 0 Å². The molecule has 0 saturated carbocycles. The largest absolute Gasteiger partial charge is 0.478 e. The minimum atomic E-state index is -0.865. The van der Waals surface area contributed by atoms with Gasteiger partial charge in [0.1, 0.15) is 0 Å². The molecule has 1 N–H and O–H groups in total. The van der Waals surface area contributed by atoms with Gasteiger partial charge < -0.3 is 5.11 Å². The summed E-state index contributed by atoms with van der Waals surface area (Å²) in [6.07, 6.45) is 1.59. The molecule has 9 heavy (non-hydrogen) atoms. The zero-order chi connectivity index (χ0) is 6.85. The van der Waals surface area contributed by atoms with Gasteiger partial charge in [-0.3, -0.25) is 4.99 Å². The van der Waals surface area contributed by atoms with E-state index >= 15 is 0 Å². The van der Waals surface area contributed by atoms with Gasteiger partial charge in [0.25, 0.3) is 0 Å². The number of hydrogen-bond donors (Lipinski definition) is 1. The van der Waals surface area contributed by atoms with Crippen molar-refractivity contribution in [2.24, 2.45) is 4.99 Å². The lowest BCUT2D eigenvalue weighted by molar-refractivity contribution is -0.132. The lowest BCUT2D eigenvalue weighted by Crippen LogP contribution is -2.00. The predicted octanol–water partition coefficient (Wildman–Crippen LogP) is 0.472. The summed E-state index contributed by atoms with van der Waals surface area (Å²) in [7, 11) is 0. The van der Waals surface area contributed by atoms with Crippen LogP contribution in [0, 0.1) is 0 Å². The van der Waals surface area contributed by atoms with Crippen LogP contribution in [0.5, 0.6) is 0 Å². The number of rotatable bonds is 1. The van der Waals surface area contributed by atoms with E-state index in [0.29, 0.717) is 12.1 Å². The molecule has 0 amide bonds. The van der Waals surface area contributed by atoms with E-state index in [1.807, 2.05) is 0 Å². The highest BCUT2D eigenvalue weighted by Gasteiger charge is 2.10. The third kappa shape index (κ3) is 1.16. The van der Waals surface area contributed by atoms with Gasteiger partial charge in [0, 0.05) is 5.71 Å². The fourth-order valence-electron chi connectivity index (χ4n) is 0.683. The van der Waals surface area contributed by atoms with Crippen LogP contribution in [-0.2, 0) is 4.79 Å². The molecule has 1 aliphatic heterocycles. The summed E-state index contributed by atoms with van der Waals surface area (Å²) >= 11 is 0. The van der Waals surface area contributed by atoms with Crippen molar-refractivity contribution < 1.29 is 9.90 Å². The van der Waals surface area contributed by atoms with Gasteiger partial charge in [0.2, 0.25) is 0 Å². The third-order valence-corrected chi connectivity index (χ3v) is 1.16. The predicted molar refractivity (Wildman–Crippen MR) is 33.7 cm³/mol. The van der Waals surface area contributed by atoms with Crippen molar-refractivity contribution >= 4 is 11.7 Å². The van der Waals surface area contributed by atoms with E-state index in [1.54, 1.807) is 13.0 Å². The van der Waals surface area contributed by atoms with Crippen molar-refractivity contribution in [2.75, 3.05) is 6.54 Å². The number of nitrogens with zero attached hydrogens (tertiary/aromatic N) is 1. The Morgan fingerprint density at radius 1 is 1.89 bits per heavy atom. The molecule has 0 unspecified atom stereocenters. The smallest absolute Gasteiger partial charge is 0.333 e. The fourth-order valence-corrected chi connectivity index (χ4v) is 0.683. The lowest BCUT2D eigenvalue weighted by atomic mass is 10.2. The second-order valence-corrected chi connectivity index (χ2v) is 1.93. The maximum atomic E-state index is 10.2. The number of allylic oxidation sites excluding steroid dienone is 1. The number of hydrogen-bond acceptors (Lipinski definition) is 2. The van der Waals surface area contributed by atoms with Gasteiger partial charge in [-0.2, -0.15) is 0 Å². The van der Waals surface area contributed by atoms with Gasteiger partial charge in [0.15, 0.2) is 0 Å². The van der Waals surface area contributed by atoms with Crippen LogP contribution in [0.25, 0.3) is 0 Å². The molecule has 0 fully saturated rings. The van der Waals surface area contributed by atoms with Crippen LogP contribution in [0.3, 0.4) is 0 Å². The van der Waals surface area contributed by atoms with Crippen LogP contribution in [0.2, 0.25) is 0 Å². The van der Waals surface area contributed by atoms with E-state index in [0.717, 1.165) is 5.71 Å². The van der Waals surface area contributed by atoms with Crippen LogP contribution in [0.1, 0.15) is 6.92 Å². The van der Waals surface area contributed by atoms with Gasteiger partial charge in [-0.25, -0.2) is 4.79 Å². The molecule has 0 aromatic rings.